The van der Waals surface area contributed by atoms with Crippen molar-refractivity contribution in [3.05, 3.63) is 0 Å². The van der Waals surface area contributed by atoms with Gasteiger partial charge < -0.3 is 15.4 Å². The number of morpholine rings is 1. The normalized spacial score (nSPS) is 22.5. The van der Waals surface area contributed by atoms with Gasteiger partial charge >= 0.3 is 0 Å². The number of ether oxygens (including phenoxy) is 1. The third-order valence-electron chi connectivity index (χ3n) is 4.18. The summed E-state index contributed by atoms with van der Waals surface area (Å²) in [6.07, 6.45) is 3.80. The number of piperidine rings is 1. The molecule has 2 saturated heterocycles. The second-order valence-electron chi connectivity index (χ2n) is 6.13. The molecule has 0 aromatic heterocycles. The van der Waals surface area contributed by atoms with Crippen molar-refractivity contribution in [1.29, 1.82) is 0 Å². The lowest BCUT2D eigenvalue weighted by atomic mass is 10.0. The summed E-state index contributed by atoms with van der Waals surface area (Å²) in [4.78, 5) is 9.30. The number of nitrogens with zero attached hydrogens (tertiary/aromatic N) is 3. The molecule has 0 aromatic rings. The second-order valence-corrected chi connectivity index (χ2v) is 6.13. The zero-order valence-electron chi connectivity index (χ0n) is 12.8. The molecule has 0 bridgehead atoms. The largest absolute Gasteiger partial charge is 0.379 e. The van der Waals surface area contributed by atoms with Gasteiger partial charge in [-0.15, -0.1) is 24.0 Å². The van der Waals surface area contributed by atoms with Crippen LogP contribution < -0.4 is 5.73 Å². The van der Waals surface area contributed by atoms with Gasteiger partial charge in [0.25, 0.3) is 0 Å². The Balaban J connectivity index is 0.00000200. The molecule has 5 nitrogen and oxygen atoms in total. The molecule has 2 fully saturated rings. The van der Waals surface area contributed by atoms with E-state index in [4.69, 9.17) is 10.5 Å². The van der Waals surface area contributed by atoms with E-state index in [2.05, 4.69) is 28.6 Å². The van der Waals surface area contributed by atoms with Crippen LogP contribution in [0.15, 0.2) is 4.99 Å². The summed E-state index contributed by atoms with van der Waals surface area (Å²) >= 11 is 0. The third kappa shape index (κ3) is 5.04. The van der Waals surface area contributed by atoms with Crippen LogP contribution in [-0.2, 0) is 4.74 Å². The van der Waals surface area contributed by atoms with Crippen molar-refractivity contribution in [2.45, 2.75) is 38.6 Å². The number of hydrogen-bond donors (Lipinski definition) is 1. The minimum absolute atomic E-state index is 0. The lowest BCUT2D eigenvalue weighted by molar-refractivity contribution is -0.00688. The number of likely N-dealkylation sites (tertiary alicyclic amines) is 1. The Hall–Kier alpha value is -0.0800. The number of hydrogen-bond acceptors (Lipinski definition) is 3. The van der Waals surface area contributed by atoms with Crippen LogP contribution in [0.5, 0.6) is 0 Å². The van der Waals surface area contributed by atoms with E-state index in [1.807, 2.05) is 0 Å². The first-order valence-electron chi connectivity index (χ1n) is 7.47. The Labute approximate surface area is 139 Å². The maximum atomic E-state index is 6.12. The fourth-order valence-electron chi connectivity index (χ4n) is 2.77. The molecular weight excluding hydrogens is 367 g/mol. The quantitative estimate of drug-likeness (QED) is 0.447. The van der Waals surface area contributed by atoms with Crippen LogP contribution in [-0.4, -0.2) is 67.2 Å². The summed E-state index contributed by atoms with van der Waals surface area (Å²) in [6.45, 7) is 11.0. The number of rotatable bonds is 3. The first-order chi connectivity index (χ1) is 9.09. The van der Waals surface area contributed by atoms with Crippen LogP contribution in [0.2, 0.25) is 0 Å². The van der Waals surface area contributed by atoms with E-state index in [1.54, 1.807) is 0 Å². The van der Waals surface area contributed by atoms with Gasteiger partial charge in [-0.1, -0.05) is 0 Å². The maximum absolute atomic E-state index is 6.12. The molecule has 6 heteroatoms. The molecule has 118 valence electrons. The van der Waals surface area contributed by atoms with E-state index < -0.39 is 0 Å². The minimum atomic E-state index is 0. The van der Waals surface area contributed by atoms with Crippen molar-refractivity contribution >= 4 is 29.9 Å². The molecule has 0 atom stereocenters. The number of nitrogens with two attached hydrogens (primary N) is 1. The Kier molecular flexibility index (Phi) is 7.53. The SMILES string of the molecule is CC(C)(CN=C(N)N1CCCCC1)N1CCOCC1.I. The molecule has 0 unspecified atom stereocenters. The highest BCUT2D eigenvalue weighted by Crippen LogP contribution is 2.17. The zero-order chi connectivity index (χ0) is 13.7. The summed E-state index contributed by atoms with van der Waals surface area (Å²) in [7, 11) is 0. The topological polar surface area (TPSA) is 54.1 Å². The van der Waals surface area contributed by atoms with E-state index in [9.17, 15) is 0 Å². The van der Waals surface area contributed by atoms with Gasteiger partial charge in [0.2, 0.25) is 0 Å². The number of aliphatic imine (C=N–C) groups is 1. The molecule has 2 rings (SSSR count). The van der Waals surface area contributed by atoms with E-state index in [0.29, 0.717) is 0 Å². The van der Waals surface area contributed by atoms with Crippen molar-refractivity contribution in [1.82, 2.24) is 9.80 Å². The third-order valence-corrected chi connectivity index (χ3v) is 4.18. The summed E-state index contributed by atoms with van der Waals surface area (Å²) < 4.78 is 5.41. The van der Waals surface area contributed by atoms with Crippen molar-refractivity contribution in [2.75, 3.05) is 45.9 Å². The fourth-order valence-corrected chi connectivity index (χ4v) is 2.77. The van der Waals surface area contributed by atoms with E-state index in [-0.39, 0.29) is 29.5 Å². The summed E-state index contributed by atoms with van der Waals surface area (Å²) in [6, 6.07) is 0. The lowest BCUT2D eigenvalue weighted by Gasteiger charge is -2.40. The van der Waals surface area contributed by atoms with Gasteiger partial charge in [0.15, 0.2) is 5.96 Å². The Morgan fingerprint density at radius 1 is 1.10 bits per heavy atom. The molecule has 2 aliphatic heterocycles. The predicted octanol–water partition coefficient (Wildman–Crippen LogP) is 1.52. The molecule has 0 spiro atoms. The average Bonchev–Trinajstić information content (AvgIpc) is 2.47. The molecule has 0 saturated carbocycles. The monoisotopic (exact) mass is 396 g/mol. The van der Waals surface area contributed by atoms with Gasteiger partial charge in [0.1, 0.15) is 0 Å². The van der Waals surface area contributed by atoms with Crippen LogP contribution in [0, 0.1) is 0 Å². The standard InChI is InChI=1S/C14H28N4O.HI/c1-14(2,18-8-10-19-11-9-18)12-16-13(15)17-6-4-3-5-7-17;/h3-12H2,1-2H3,(H2,15,16);1H. The molecule has 0 aromatic carbocycles. The van der Waals surface area contributed by atoms with Crippen LogP contribution in [0.1, 0.15) is 33.1 Å². The molecule has 0 amide bonds. The summed E-state index contributed by atoms with van der Waals surface area (Å²) in [5.74, 6) is 0.723. The highest BCUT2D eigenvalue weighted by atomic mass is 127. The van der Waals surface area contributed by atoms with Gasteiger partial charge in [0.05, 0.1) is 19.8 Å². The summed E-state index contributed by atoms with van der Waals surface area (Å²) in [5, 5.41) is 0. The molecular formula is C14H29IN4O. The highest BCUT2D eigenvalue weighted by molar-refractivity contribution is 14.0. The first-order valence-corrected chi connectivity index (χ1v) is 7.47. The second kappa shape index (κ2) is 8.38. The van der Waals surface area contributed by atoms with Gasteiger partial charge in [-0.3, -0.25) is 9.89 Å². The Morgan fingerprint density at radius 3 is 2.30 bits per heavy atom. The predicted molar refractivity (Wildman–Crippen MR) is 93.8 cm³/mol. The maximum Gasteiger partial charge on any atom is 0.191 e. The van der Waals surface area contributed by atoms with E-state index in [0.717, 1.165) is 51.9 Å². The molecule has 2 N–H and O–H groups in total. The Bertz CT molecular complexity index is 310. The number of halogens is 1. The molecule has 0 aliphatic carbocycles. The van der Waals surface area contributed by atoms with Crippen LogP contribution in [0.25, 0.3) is 0 Å². The van der Waals surface area contributed by atoms with Gasteiger partial charge in [-0.25, -0.2) is 0 Å². The van der Waals surface area contributed by atoms with Crippen molar-refractivity contribution in [3.8, 4) is 0 Å². The molecule has 20 heavy (non-hydrogen) atoms. The molecule has 0 radical (unpaired) electrons. The average molecular weight is 396 g/mol. The fraction of sp³-hybridized carbons (Fsp3) is 0.929. The van der Waals surface area contributed by atoms with E-state index >= 15 is 0 Å². The number of guanidine groups is 1. The minimum Gasteiger partial charge on any atom is -0.379 e. The Morgan fingerprint density at radius 2 is 1.70 bits per heavy atom. The van der Waals surface area contributed by atoms with Gasteiger partial charge in [0, 0.05) is 31.7 Å². The van der Waals surface area contributed by atoms with Crippen LogP contribution >= 0.6 is 24.0 Å². The van der Waals surface area contributed by atoms with Gasteiger partial charge in [-0.05, 0) is 33.1 Å². The van der Waals surface area contributed by atoms with Crippen molar-refractivity contribution in [2.24, 2.45) is 10.7 Å². The van der Waals surface area contributed by atoms with E-state index in [1.165, 1.54) is 19.3 Å². The van der Waals surface area contributed by atoms with Crippen molar-refractivity contribution in [3.63, 3.8) is 0 Å². The van der Waals surface area contributed by atoms with Gasteiger partial charge in [-0.2, -0.15) is 0 Å². The molecule has 2 aliphatic rings. The van der Waals surface area contributed by atoms with Crippen molar-refractivity contribution < 1.29 is 4.74 Å². The zero-order valence-corrected chi connectivity index (χ0v) is 15.1. The molecule has 2 heterocycles. The van der Waals surface area contributed by atoms with Crippen LogP contribution in [0.4, 0.5) is 0 Å². The first kappa shape index (κ1) is 18.0. The van der Waals surface area contributed by atoms with Crippen LogP contribution in [0.3, 0.4) is 0 Å². The lowest BCUT2D eigenvalue weighted by Crippen LogP contribution is -2.52. The highest BCUT2D eigenvalue weighted by Gasteiger charge is 2.28. The summed E-state index contributed by atoms with van der Waals surface area (Å²) in [5.41, 5.74) is 6.18. The smallest absolute Gasteiger partial charge is 0.191 e.